The highest BCUT2D eigenvalue weighted by atomic mass is 32.1. The van der Waals surface area contributed by atoms with Gasteiger partial charge < -0.3 is 4.42 Å². The van der Waals surface area contributed by atoms with Gasteiger partial charge in [-0.05, 0) is 56.0 Å². The summed E-state index contributed by atoms with van der Waals surface area (Å²) in [6, 6.07) is 2.91. The molecule has 1 aliphatic carbocycles. The molecule has 112 valence electrons. The van der Waals surface area contributed by atoms with E-state index >= 15 is 0 Å². The Morgan fingerprint density at radius 1 is 1.38 bits per heavy atom. The first-order chi connectivity index (χ1) is 10.2. The summed E-state index contributed by atoms with van der Waals surface area (Å²) in [5.74, 6) is 2.71. The highest BCUT2D eigenvalue weighted by Crippen LogP contribution is 2.37. The lowest BCUT2D eigenvalue weighted by molar-refractivity contribution is 0.233. The summed E-state index contributed by atoms with van der Waals surface area (Å²) < 4.78 is 5.93. The first-order valence-corrected chi connectivity index (χ1v) is 8.83. The minimum atomic E-state index is 0.784. The molecule has 1 saturated carbocycles. The van der Waals surface area contributed by atoms with Crippen molar-refractivity contribution in [1.29, 1.82) is 0 Å². The van der Waals surface area contributed by atoms with Gasteiger partial charge in [0.25, 0.3) is 0 Å². The van der Waals surface area contributed by atoms with Crippen LogP contribution in [0.5, 0.6) is 0 Å². The molecule has 4 heteroatoms. The van der Waals surface area contributed by atoms with Crippen molar-refractivity contribution in [2.45, 2.75) is 52.1 Å². The van der Waals surface area contributed by atoms with Crippen molar-refractivity contribution in [3.8, 4) is 10.8 Å². The van der Waals surface area contributed by atoms with Crippen LogP contribution in [0.3, 0.4) is 0 Å². The fraction of sp³-hybridized carbons (Fsp3) is 0.588. The normalized spacial score (nSPS) is 25.6. The van der Waals surface area contributed by atoms with Crippen molar-refractivity contribution in [1.82, 2.24) is 9.88 Å². The molecule has 4 rings (SSSR count). The van der Waals surface area contributed by atoms with Crippen molar-refractivity contribution in [2.75, 3.05) is 6.54 Å². The zero-order valence-corrected chi connectivity index (χ0v) is 13.6. The van der Waals surface area contributed by atoms with E-state index in [2.05, 4.69) is 30.2 Å². The standard InChI is InChI=1S/C17H22N2OS/c1-11-6-7-21-16(11)17-18-15(12(2)20-17)10-19-9-13-4-3-5-14(19)8-13/h6-7,13-14H,3-5,8-10H2,1-2H3/t13-,14+/m1/s1. The topological polar surface area (TPSA) is 29.3 Å². The summed E-state index contributed by atoms with van der Waals surface area (Å²) in [4.78, 5) is 8.60. The maximum absolute atomic E-state index is 5.93. The average Bonchev–Trinajstić information content (AvgIpc) is 3.11. The summed E-state index contributed by atoms with van der Waals surface area (Å²) in [6.45, 7) is 6.39. The van der Waals surface area contributed by atoms with Gasteiger partial charge in [0.05, 0.1) is 10.6 Å². The van der Waals surface area contributed by atoms with Crippen molar-refractivity contribution < 1.29 is 4.42 Å². The lowest BCUT2D eigenvalue weighted by Crippen LogP contribution is -2.28. The number of hydrogen-bond donors (Lipinski definition) is 0. The second-order valence-corrected chi connectivity index (χ2v) is 7.49. The molecule has 2 bridgehead atoms. The molecular formula is C17H22N2OS. The Balaban J connectivity index is 1.56. The predicted octanol–water partition coefficient (Wildman–Crippen LogP) is 4.39. The summed E-state index contributed by atoms with van der Waals surface area (Å²) in [5, 5.41) is 2.10. The van der Waals surface area contributed by atoms with Crippen molar-refractivity contribution in [2.24, 2.45) is 5.92 Å². The number of thiophene rings is 1. The van der Waals surface area contributed by atoms with Crippen LogP contribution >= 0.6 is 11.3 Å². The molecule has 2 aromatic rings. The third kappa shape index (κ3) is 2.44. The number of oxazole rings is 1. The van der Waals surface area contributed by atoms with Gasteiger partial charge in [-0.15, -0.1) is 11.3 Å². The fourth-order valence-corrected chi connectivity index (χ4v) is 4.74. The van der Waals surface area contributed by atoms with Gasteiger partial charge in [-0.1, -0.05) is 6.42 Å². The average molecular weight is 302 g/mol. The van der Waals surface area contributed by atoms with Gasteiger partial charge in [0, 0.05) is 19.1 Å². The fourth-order valence-electron chi connectivity index (χ4n) is 3.89. The lowest BCUT2D eigenvalue weighted by atomic mass is 9.90. The van der Waals surface area contributed by atoms with Crippen molar-refractivity contribution in [3.63, 3.8) is 0 Å². The molecule has 1 aliphatic heterocycles. The van der Waals surface area contributed by atoms with Gasteiger partial charge in [-0.2, -0.15) is 0 Å². The number of aryl methyl sites for hydroxylation is 2. The van der Waals surface area contributed by atoms with E-state index in [0.717, 1.165) is 35.8 Å². The number of rotatable bonds is 3. The first kappa shape index (κ1) is 13.5. The number of nitrogens with zero attached hydrogens (tertiary/aromatic N) is 2. The van der Waals surface area contributed by atoms with Crippen LogP contribution in [0.15, 0.2) is 15.9 Å². The summed E-state index contributed by atoms with van der Waals surface area (Å²) in [7, 11) is 0. The maximum Gasteiger partial charge on any atom is 0.237 e. The van der Waals surface area contributed by atoms with Gasteiger partial charge in [0.2, 0.25) is 5.89 Å². The molecule has 0 aromatic carbocycles. The molecule has 1 saturated heterocycles. The Bertz CT molecular complexity index is 645. The van der Waals surface area contributed by atoms with Crippen LogP contribution in [0.2, 0.25) is 0 Å². The molecule has 0 amide bonds. The maximum atomic E-state index is 5.93. The molecule has 2 aliphatic rings. The molecule has 3 heterocycles. The highest BCUT2D eigenvalue weighted by Gasteiger charge is 2.35. The molecular weight excluding hydrogens is 280 g/mol. The Kier molecular flexibility index (Phi) is 3.38. The quantitative estimate of drug-likeness (QED) is 0.842. The van der Waals surface area contributed by atoms with Crippen LogP contribution in [0.25, 0.3) is 10.8 Å². The van der Waals surface area contributed by atoms with Gasteiger partial charge in [-0.3, -0.25) is 4.90 Å². The van der Waals surface area contributed by atoms with E-state index in [0.29, 0.717) is 0 Å². The largest absolute Gasteiger partial charge is 0.440 e. The third-order valence-corrected chi connectivity index (χ3v) is 6.07. The lowest BCUT2D eigenvalue weighted by Gasteiger charge is -2.23. The van der Waals surface area contributed by atoms with Gasteiger partial charge in [0.1, 0.15) is 5.76 Å². The number of aromatic nitrogens is 1. The number of likely N-dealkylation sites (tertiary alicyclic amines) is 1. The second kappa shape index (κ2) is 5.25. The SMILES string of the molecule is Cc1ccsc1-c1nc(CN2C[C@@H]3CCC[C@H]2C3)c(C)o1. The number of hydrogen-bond acceptors (Lipinski definition) is 4. The van der Waals surface area contributed by atoms with E-state index in [-0.39, 0.29) is 0 Å². The minimum absolute atomic E-state index is 0.784. The molecule has 0 N–H and O–H groups in total. The monoisotopic (exact) mass is 302 g/mol. The summed E-state index contributed by atoms with van der Waals surface area (Å²) in [5.41, 5.74) is 2.38. The molecule has 21 heavy (non-hydrogen) atoms. The van der Waals surface area contributed by atoms with E-state index in [1.165, 1.54) is 42.7 Å². The van der Waals surface area contributed by atoms with E-state index in [1.807, 2.05) is 0 Å². The van der Waals surface area contributed by atoms with E-state index in [1.54, 1.807) is 11.3 Å². The van der Waals surface area contributed by atoms with Crippen molar-refractivity contribution >= 4 is 11.3 Å². The molecule has 2 fully saturated rings. The Morgan fingerprint density at radius 2 is 2.29 bits per heavy atom. The van der Waals surface area contributed by atoms with Crippen LogP contribution < -0.4 is 0 Å². The zero-order chi connectivity index (χ0) is 14.4. The van der Waals surface area contributed by atoms with Gasteiger partial charge in [-0.25, -0.2) is 4.98 Å². The Labute approximate surface area is 130 Å². The van der Waals surface area contributed by atoms with Crippen molar-refractivity contribution in [3.05, 3.63) is 28.5 Å². The molecule has 2 atom stereocenters. The molecule has 3 nitrogen and oxygen atoms in total. The molecule has 0 unspecified atom stereocenters. The van der Waals surface area contributed by atoms with Gasteiger partial charge in [0.15, 0.2) is 0 Å². The zero-order valence-electron chi connectivity index (χ0n) is 12.8. The smallest absolute Gasteiger partial charge is 0.237 e. The van der Waals surface area contributed by atoms with Crippen LogP contribution in [-0.4, -0.2) is 22.5 Å². The van der Waals surface area contributed by atoms with Crippen LogP contribution in [-0.2, 0) is 6.54 Å². The van der Waals surface area contributed by atoms with Crippen LogP contribution in [0.4, 0.5) is 0 Å². The first-order valence-electron chi connectivity index (χ1n) is 7.95. The molecule has 0 radical (unpaired) electrons. The Hall–Kier alpha value is -1.13. The van der Waals surface area contributed by atoms with Crippen LogP contribution in [0.1, 0.15) is 42.7 Å². The van der Waals surface area contributed by atoms with Gasteiger partial charge >= 0.3 is 0 Å². The molecule has 2 aromatic heterocycles. The summed E-state index contributed by atoms with van der Waals surface area (Å²) in [6.07, 6.45) is 5.59. The van der Waals surface area contributed by atoms with Crippen LogP contribution in [0, 0.1) is 19.8 Å². The van der Waals surface area contributed by atoms with E-state index in [4.69, 9.17) is 9.40 Å². The third-order valence-electron chi connectivity index (χ3n) is 5.07. The highest BCUT2D eigenvalue weighted by molar-refractivity contribution is 7.13. The minimum Gasteiger partial charge on any atom is -0.440 e. The predicted molar refractivity (Wildman–Crippen MR) is 85.4 cm³/mol. The molecule has 0 spiro atoms. The van der Waals surface area contributed by atoms with E-state index in [9.17, 15) is 0 Å². The second-order valence-electron chi connectivity index (χ2n) is 6.57. The van der Waals surface area contributed by atoms with E-state index < -0.39 is 0 Å². The number of fused-ring (bicyclic) bond motifs is 2. The Morgan fingerprint density at radius 3 is 3.05 bits per heavy atom. The summed E-state index contributed by atoms with van der Waals surface area (Å²) >= 11 is 1.71.